The van der Waals surface area contributed by atoms with Crippen molar-refractivity contribution in [2.75, 3.05) is 6.54 Å². The first-order valence-electron chi connectivity index (χ1n) is 5.33. The van der Waals surface area contributed by atoms with Crippen LogP contribution in [0.4, 0.5) is 0 Å². The number of hydrogen-bond acceptors (Lipinski definition) is 2. The highest BCUT2D eigenvalue weighted by atomic mass is 15.3. The topological polar surface area (TPSA) is 62.4 Å². The summed E-state index contributed by atoms with van der Waals surface area (Å²) < 4.78 is 0. The van der Waals surface area contributed by atoms with Gasteiger partial charge in [0.2, 0.25) is 5.96 Å². The average Bonchev–Trinajstić information content (AvgIpc) is 2.09. The molecule has 84 valence electrons. The molecule has 0 unspecified atom stereocenters. The van der Waals surface area contributed by atoms with Crippen molar-refractivity contribution < 1.29 is 0 Å². The number of nitrogens with two attached hydrogens (primary N) is 1. The van der Waals surface area contributed by atoms with Gasteiger partial charge in [-0.2, -0.15) is 0 Å². The maximum Gasteiger partial charge on any atom is 0.205 e. The lowest BCUT2D eigenvalue weighted by Crippen LogP contribution is -2.44. The minimum atomic E-state index is 0.356. The highest BCUT2D eigenvalue weighted by Crippen LogP contribution is 2.02. The monoisotopic (exact) mass is 200 g/mol. The van der Waals surface area contributed by atoms with Gasteiger partial charge in [-0.3, -0.25) is 10.4 Å². The van der Waals surface area contributed by atoms with Gasteiger partial charge < -0.3 is 5.32 Å². The molecule has 0 heterocycles. The Hall–Kier alpha value is -0.770. The molecule has 0 rings (SSSR count). The summed E-state index contributed by atoms with van der Waals surface area (Å²) in [7, 11) is 0. The number of guanidine groups is 1. The molecule has 0 saturated carbocycles. The fraction of sp³-hybridized carbons (Fsp3) is 0.900. The largest absolute Gasteiger partial charge is 0.353 e. The molecule has 0 atom stereocenters. The average molecular weight is 200 g/mol. The number of rotatable bonds is 5. The zero-order valence-electron chi connectivity index (χ0n) is 9.80. The van der Waals surface area contributed by atoms with Crippen molar-refractivity contribution in [3.63, 3.8) is 0 Å². The van der Waals surface area contributed by atoms with E-state index in [0.29, 0.717) is 12.0 Å². The Morgan fingerprint density at radius 3 is 2.36 bits per heavy atom. The number of nitrogens with one attached hydrogen (secondary N) is 2. The van der Waals surface area contributed by atoms with Crippen LogP contribution in [0.5, 0.6) is 0 Å². The van der Waals surface area contributed by atoms with Crippen LogP contribution >= 0.6 is 0 Å². The molecule has 0 bridgehead atoms. The fourth-order valence-corrected chi connectivity index (χ4v) is 1.10. The van der Waals surface area contributed by atoms with E-state index in [1.54, 1.807) is 0 Å². The van der Waals surface area contributed by atoms with Crippen LogP contribution in [-0.2, 0) is 0 Å². The predicted molar refractivity (Wildman–Crippen MR) is 62.0 cm³/mol. The summed E-state index contributed by atoms with van der Waals surface area (Å²) in [5.74, 6) is 6.75. The van der Waals surface area contributed by atoms with E-state index < -0.39 is 0 Å². The van der Waals surface area contributed by atoms with E-state index in [-0.39, 0.29) is 0 Å². The molecule has 0 aliphatic rings. The van der Waals surface area contributed by atoms with Crippen LogP contribution in [0.3, 0.4) is 0 Å². The van der Waals surface area contributed by atoms with Gasteiger partial charge in [-0.15, -0.1) is 0 Å². The molecular formula is C10H24N4. The lowest BCUT2D eigenvalue weighted by atomic mass is 10.1. The summed E-state index contributed by atoms with van der Waals surface area (Å²) in [6.45, 7) is 9.38. The standard InChI is InChI=1S/C10H24N4/c1-8(2)6-5-7-12-10(14-11)13-9(3)4/h8-9H,5-7,11H2,1-4H3,(H2,12,13,14). The Bertz CT molecular complexity index is 164. The van der Waals surface area contributed by atoms with Crippen molar-refractivity contribution in [2.24, 2.45) is 16.8 Å². The van der Waals surface area contributed by atoms with Crippen LogP contribution in [0.1, 0.15) is 40.5 Å². The first kappa shape index (κ1) is 13.2. The van der Waals surface area contributed by atoms with Crippen LogP contribution in [0.15, 0.2) is 4.99 Å². The van der Waals surface area contributed by atoms with Crippen molar-refractivity contribution in [2.45, 2.75) is 46.6 Å². The first-order valence-corrected chi connectivity index (χ1v) is 5.33. The normalized spacial score (nSPS) is 12.4. The zero-order valence-corrected chi connectivity index (χ0v) is 9.80. The Labute approximate surface area is 87.3 Å². The van der Waals surface area contributed by atoms with E-state index in [9.17, 15) is 0 Å². The molecule has 0 aromatic heterocycles. The Morgan fingerprint density at radius 2 is 1.93 bits per heavy atom. The minimum absolute atomic E-state index is 0.356. The van der Waals surface area contributed by atoms with Gasteiger partial charge in [0, 0.05) is 12.6 Å². The van der Waals surface area contributed by atoms with Crippen molar-refractivity contribution in [3.05, 3.63) is 0 Å². The molecule has 0 amide bonds. The molecule has 0 aliphatic heterocycles. The van der Waals surface area contributed by atoms with Crippen LogP contribution in [0.2, 0.25) is 0 Å². The highest BCUT2D eigenvalue weighted by Gasteiger charge is 1.98. The third-order valence-electron chi connectivity index (χ3n) is 1.77. The molecule has 4 heteroatoms. The molecule has 0 saturated heterocycles. The third-order valence-corrected chi connectivity index (χ3v) is 1.77. The maximum atomic E-state index is 5.32. The molecule has 0 fully saturated rings. The van der Waals surface area contributed by atoms with E-state index in [4.69, 9.17) is 5.84 Å². The molecular weight excluding hydrogens is 176 g/mol. The van der Waals surface area contributed by atoms with Gasteiger partial charge in [0.1, 0.15) is 0 Å². The zero-order chi connectivity index (χ0) is 11.0. The van der Waals surface area contributed by atoms with Gasteiger partial charge in [0.15, 0.2) is 0 Å². The highest BCUT2D eigenvalue weighted by molar-refractivity contribution is 5.79. The van der Waals surface area contributed by atoms with Crippen LogP contribution < -0.4 is 16.6 Å². The van der Waals surface area contributed by atoms with Crippen LogP contribution in [-0.4, -0.2) is 18.5 Å². The summed E-state index contributed by atoms with van der Waals surface area (Å²) in [6, 6.07) is 0.356. The lowest BCUT2D eigenvalue weighted by Gasteiger charge is -2.12. The van der Waals surface area contributed by atoms with Gasteiger partial charge in [-0.1, -0.05) is 13.8 Å². The Kier molecular flexibility index (Phi) is 7.20. The lowest BCUT2D eigenvalue weighted by molar-refractivity contribution is 0.560. The molecule has 4 nitrogen and oxygen atoms in total. The van der Waals surface area contributed by atoms with Gasteiger partial charge >= 0.3 is 0 Å². The Morgan fingerprint density at radius 1 is 1.29 bits per heavy atom. The van der Waals surface area contributed by atoms with Crippen molar-refractivity contribution in [1.82, 2.24) is 10.7 Å². The molecule has 0 spiro atoms. The van der Waals surface area contributed by atoms with Gasteiger partial charge in [0.05, 0.1) is 0 Å². The van der Waals surface area contributed by atoms with E-state index in [0.717, 1.165) is 18.9 Å². The summed E-state index contributed by atoms with van der Waals surface area (Å²) in [4.78, 5) is 4.32. The van der Waals surface area contributed by atoms with Gasteiger partial charge in [-0.05, 0) is 32.6 Å². The summed E-state index contributed by atoms with van der Waals surface area (Å²) >= 11 is 0. The molecule has 0 aliphatic carbocycles. The summed E-state index contributed by atoms with van der Waals surface area (Å²) in [5.41, 5.74) is 2.56. The molecule has 0 aromatic rings. The van der Waals surface area contributed by atoms with E-state index in [1.807, 2.05) is 0 Å². The third kappa shape index (κ3) is 7.86. The second-order valence-electron chi connectivity index (χ2n) is 4.21. The molecule has 0 aromatic carbocycles. The summed E-state index contributed by atoms with van der Waals surface area (Å²) in [6.07, 6.45) is 2.33. The van der Waals surface area contributed by atoms with E-state index in [1.165, 1.54) is 6.42 Å². The summed E-state index contributed by atoms with van der Waals surface area (Å²) in [5, 5.41) is 3.13. The van der Waals surface area contributed by atoms with Gasteiger partial charge in [0.25, 0.3) is 0 Å². The van der Waals surface area contributed by atoms with Crippen LogP contribution in [0, 0.1) is 5.92 Å². The minimum Gasteiger partial charge on any atom is -0.353 e. The number of nitrogens with zero attached hydrogens (tertiary/aromatic N) is 1. The first-order chi connectivity index (χ1) is 6.56. The number of aliphatic imine (C=N–C) groups is 1. The Balaban J connectivity index is 3.70. The van der Waals surface area contributed by atoms with Crippen molar-refractivity contribution in [3.8, 4) is 0 Å². The second-order valence-corrected chi connectivity index (χ2v) is 4.21. The maximum absolute atomic E-state index is 5.32. The number of hydrazine groups is 1. The fourth-order valence-electron chi connectivity index (χ4n) is 1.10. The second kappa shape index (κ2) is 7.62. The van der Waals surface area contributed by atoms with Crippen molar-refractivity contribution in [1.29, 1.82) is 0 Å². The van der Waals surface area contributed by atoms with E-state index >= 15 is 0 Å². The van der Waals surface area contributed by atoms with Gasteiger partial charge in [-0.25, -0.2) is 5.84 Å². The predicted octanol–water partition coefficient (Wildman–Crippen LogP) is 1.24. The molecule has 14 heavy (non-hydrogen) atoms. The smallest absolute Gasteiger partial charge is 0.205 e. The van der Waals surface area contributed by atoms with Crippen molar-refractivity contribution >= 4 is 5.96 Å². The number of hydrogen-bond donors (Lipinski definition) is 3. The molecule has 4 N–H and O–H groups in total. The van der Waals surface area contributed by atoms with Crippen LogP contribution in [0.25, 0.3) is 0 Å². The van der Waals surface area contributed by atoms with E-state index in [2.05, 4.69) is 43.4 Å². The molecule has 0 radical (unpaired) electrons. The SMILES string of the molecule is CC(C)CCCN=C(NN)NC(C)C. The quantitative estimate of drug-likeness (QED) is 0.206.